The van der Waals surface area contributed by atoms with Crippen LogP contribution in [0.3, 0.4) is 0 Å². The molecule has 0 heterocycles. The van der Waals surface area contributed by atoms with Crippen LogP contribution in [0.2, 0.25) is 0 Å². The zero-order chi connectivity index (χ0) is 15.1. The highest BCUT2D eigenvalue weighted by molar-refractivity contribution is 5.80. The molecule has 0 radical (unpaired) electrons. The van der Waals surface area contributed by atoms with Crippen LogP contribution in [0.25, 0.3) is 0 Å². The minimum atomic E-state index is -4.34. The number of halogens is 3. The first-order valence-electron chi connectivity index (χ1n) is 5.85. The minimum absolute atomic E-state index is 0.0856. The lowest BCUT2D eigenvalue weighted by molar-refractivity contribution is -0.128. The number of rotatable bonds is 6. The van der Waals surface area contributed by atoms with Gasteiger partial charge >= 0.3 is 6.18 Å². The quantitative estimate of drug-likeness (QED) is 0.667. The van der Waals surface area contributed by atoms with E-state index >= 15 is 0 Å². The molecule has 0 aliphatic heterocycles. The SMILES string of the molecule is CC(C)(C)NC(=O)CCNC(=O)CNCC(F)(F)F. The summed E-state index contributed by atoms with van der Waals surface area (Å²) in [6, 6.07) is 0. The molecule has 0 aromatic heterocycles. The van der Waals surface area contributed by atoms with Gasteiger partial charge in [0.15, 0.2) is 0 Å². The van der Waals surface area contributed by atoms with Gasteiger partial charge in [0.05, 0.1) is 13.1 Å². The van der Waals surface area contributed by atoms with E-state index in [1.165, 1.54) is 0 Å². The minimum Gasteiger partial charge on any atom is -0.354 e. The second-order valence-corrected chi connectivity index (χ2v) is 5.12. The Labute approximate surface area is 110 Å². The Morgan fingerprint density at radius 1 is 1.05 bits per heavy atom. The van der Waals surface area contributed by atoms with Crippen LogP contribution in [0.1, 0.15) is 27.2 Å². The molecule has 0 unspecified atom stereocenters. The lowest BCUT2D eigenvalue weighted by Gasteiger charge is -2.20. The van der Waals surface area contributed by atoms with Crippen LogP contribution in [0.15, 0.2) is 0 Å². The van der Waals surface area contributed by atoms with Crippen molar-refractivity contribution in [2.45, 2.75) is 38.9 Å². The third-order valence-corrected chi connectivity index (χ3v) is 1.80. The molecule has 112 valence electrons. The van der Waals surface area contributed by atoms with Crippen molar-refractivity contribution < 1.29 is 22.8 Å². The van der Waals surface area contributed by atoms with E-state index in [2.05, 4.69) is 10.6 Å². The standard InChI is InChI=1S/C11H20F3N3O2/c1-10(2,3)17-8(18)4-5-16-9(19)6-15-7-11(12,13)14/h15H,4-7H2,1-3H3,(H,16,19)(H,17,18). The first kappa shape index (κ1) is 17.7. The van der Waals surface area contributed by atoms with E-state index in [1.54, 1.807) is 0 Å². The molecule has 5 nitrogen and oxygen atoms in total. The maximum Gasteiger partial charge on any atom is 0.401 e. The van der Waals surface area contributed by atoms with E-state index in [4.69, 9.17) is 0 Å². The first-order valence-corrected chi connectivity index (χ1v) is 5.85. The van der Waals surface area contributed by atoms with E-state index in [9.17, 15) is 22.8 Å². The highest BCUT2D eigenvalue weighted by Gasteiger charge is 2.26. The Bertz CT molecular complexity index is 311. The fraction of sp³-hybridized carbons (Fsp3) is 0.818. The van der Waals surface area contributed by atoms with Crippen LogP contribution in [0.5, 0.6) is 0 Å². The molecule has 0 aromatic carbocycles. The molecule has 0 atom stereocenters. The molecular formula is C11H20F3N3O2. The molecule has 0 fully saturated rings. The second-order valence-electron chi connectivity index (χ2n) is 5.12. The monoisotopic (exact) mass is 283 g/mol. The number of hydrogen-bond donors (Lipinski definition) is 3. The van der Waals surface area contributed by atoms with Gasteiger partial charge in [0.2, 0.25) is 11.8 Å². The predicted octanol–water partition coefficient (Wildman–Crippen LogP) is 0.559. The van der Waals surface area contributed by atoms with Crippen molar-refractivity contribution in [2.75, 3.05) is 19.6 Å². The van der Waals surface area contributed by atoms with Gasteiger partial charge in [-0.25, -0.2) is 0 Å². The zero-order valence-electron chi connectivity index (χ0n) is 11.3. The fourth-order valence-electron chi connectivity index (χ4n) is 1.18. The lowest BCUT2D eigenvalue weighted by atomic mass is 10.1. The van der Waals surface area contributed by atoms with E-state index in [0.717, 1.165) is 0 Å². The van der Waals surface area contributed by atoms with Crippen LogP contribution >= 0.6 is 0 Å². The van der Waals surface area contributed by atoms with Crippen molar-refractivity contribution in [1.82, 2.24) is 16.0 Å². The van der Waals surface area contributed by atoms with Crippen LogP contribution in [-0.4, -0.2) is 43.2 Å². The van der Waals surface area contributed by atoms with Crippen molar-refractivity contribution in [1.29, 1.82) is 0 Å². The van der Waals surface area contributed by atoms with E-state index in [-0.39, 0.29) is 24.4 Å². The average Bonchev–Trinajstić information content (AvgIpc) is 2.12. The number of hydrogen-bond acceptors (Lipinski definition) is 3. The first-order chi connectivity index (χ1) is 8.49. The molecule has 0 aliphatic carbocycles. The van der Waals surface area contributed by atoms with Crippen molar-refractivity contribution >= 4 is 11.8 Å². The number of alkyl halides is 3. The van der Waals surface area contributed by atoms with Crippen molar-refractivity contribution in [3.63, 3.8) is 0 Å². The van der Waals surface area contributed by atoms with Crippen LogP contribution < -0.4 is 16.0 Å². The van der Waals surface area contributed by atoms with Gasteiger partial charge in [-0.2, -0.15) is 13.2 Å². The number of nitrogens with one attached hydrogen (secondary N) is 3. The Kier molecular flexibility index (Phi) is 6.82. The van der Waals surface area contributed by atoms with Gasteiger partial charge in [-0.1, -0.05) is 0 Å². The molecule has 8 heteroatoms. The molecule has 0 saturated carbocycles. The maximum absolute atomic E-state index is 11.8. The Morgan fingerprint density at radius 2 is 1.63 bits per heavy atom. The number of carbonyl (C=O) groups is 2. The maximum atomic E-state index is 11.8. The molecule has 19 heavy (non-hydrogen) atoms. The molecular weight excluding hydrogens is 263 g/mol. The van der Waals surface area contributed by atoms with Gasteiger partial charge in [-0.15, -0.1) is 0 Å². The third-order valence-electron chi connectivity index (χ3n) is 1.80. The third kappa shape index (κ3) is 12.9. The van der Waals surface area contributed by atoms with Crippen molar-refractivity contribution in [3.05, 3.63) is 0 Å². The Hall–Kier alpha value is -1.31. The van der Waals surface area contributed by atoms with E-state index < -0.39 is 25.2 Å². The van der Waals surface area contributed by atoms with Gasteiger partial charge in [-0.3, -0.25) is 9.59 Å². The lowest BCUT2D eigenvalue weighted by Crippen LogP contribution is -2.43. The van der Waals surface area contributed by atoms with Gasteiger partial charge in [0, 0.05) is 18.5 Å². The zero-order valence-corrected chi connectivity index (χ0v) is 11.3. The largest absolute Gasteiger partial charge is 0.401 e. The predicted molar refractivity (Wildman–Crippen MR) is 64.4 cm³/mol. The summed E-state index contributed by atoms with van der Waals surface area (Å²) in [4.78, 5) is 22.5. The highest BCUT2D eigenvalue weighted by Crippen LogP contribution is 2.11. The van der Waals surface area contributed by atoms with Crippen LogP contribution in [0, 0.1) is 0 Å². The summed E-state index contributed by atoms with van der Waals surface area (Å²) >= 11 is 0. The molecule has 0 rings (SSSR count). The normalized spacial score (nSPS) is 12.1. The number of carbonyl (C=O) groups excluding carboxylic acids is 2. The summed E-state index contributed by atoms with van der Waals surface area (Å²) in [6.07, 6.45) is -4.25. The van der Waals surface area contributed by atoms with E-state index in [1.807, 2.05) is 26.1 Å². The Morgan fingerprint density at radius 3 is 2.11 bits per heavy atom. The van der Waals surface area contributed by atoms with Gasteiger partial charge < -0.3 is 16.0 Å². The average molecular weight is 283 g/mol. The van der Waals surface area contributed by atoms with Crippen LogP contribution in [-0.2, 0) is 9.59 Å². The van der Waals surface area contributed by atoms with Crippen molar-refractivity contribution in [2.24, 2.45) is 0 Å². The van der Waals surface area contributed by atoms with Gasteiger partial charge in [-0.05, 0) is 20.8 Å². The van der Waals surface area contributed by atoms with Gasteiger partial charge in [0.1, 0.15) is 0 Å². The van der Waals surface area contributed by atoms with Crippen molar-refractivity contribution in [3.8, 4) is 0 Å². The van der Waals surface area contributed by atoms with Crippen LogP contribution in [0.4, 0.5) is 13.2 Å². The molecule has 0 bridgehead atoms. The molecule has 0 saturated heterocycles. The Balaban J connectivity index is 3.67. The second kappa shape index (κ2) is 7.32. The summed E-state index contributed by atoms with van der Waals surface area (Å²) in [5.74, 6) is -0.802. The van der Waals surface area contributed by atoms with E-state index in [0.29, 0.717) is 0 Å². The highest BCUT2D eigenvalue weighted by atomic mass is 19.4. The summed E-state index contributed by atoms with van der Waals surface area (Å²) in [6.45, 7) is 3.92. The molecule has 0 spiro atoms. The summed E-state index contributed by atoms with van der Waals surface area (Å²) in [5, 5.41) is 7.02. The summed E-state index contributed by atoms with van der Waals surface area (Å²) in [7, 11) is 0. The molecule has 0 aromatic rings. The summed E-state index contributed by atoms with van der Waals surface area (Å²) in [5.41, 5.74) is -0.352. The fourth-order valence-corrected chi connectivity index (χ4v) is 1.18. The molecule has 2 amide bonds. The smallest absolute Gasteiger partial charge is 0.354 e. The summed E-state index contributed by atoms with van der Waals surface area (Å²) < 4.78 is 35.3. The topological polar surface area (TPSA) is 70.2 Å². The molecule has 0 aliphatic rings. The molecule has 3 N–H and O–H groups in total. The number of amides is 2. The van der Waals surface area contributed by atoms with Gasteiger partial charge in [0.25, 0.3) is 0 Å².